The Morgan fingerprint density at radius 3 is 1.12 bits per heavy atom. The van der Waals surface area contributed by atoms with Gasteiger partial charge in [0.2, 0.25) is 0 Å². The van der Waals surface area contributed by atoms with E-state index in [0.29, 0.717) is 0 Å². The lowest BCUT2D eigenvalue weighted by Gasteiger charge is -2.22. The lowest BCUT2D eigenvalue weighted by atomic mass is 10.1. The summed E-state index contributed by atoms with van der Waals surface area (Å²) in [5.74, 6) is 0.324. The molecular weight excluding hydrogens is 590 g/mol. The molecule has 0 aliphatic heterocycles. The van der Waals surface area contributed by atoms with Gasteiger partial charge in [0, 0.05) is 0 Å². The summed E-state index contributed by atoms with van der Waals surface area (Å²) in [7, 11) is -8.74. The van der Waals surface area contributed by atoms with Crippen molar-refractivity contribution in [3.8, 4) is 34.5 Å². The van der Waals surface area contributed by atoms with E-state index in [1.807, 2.05) is 0 Å². The van der Waals surface area contributed by atoms with Gasteiger partial charge < -0.3 is 27.1 Å². The minimum absolute atomic E-state index is 0.0319. The number of carbonyl (C=O) groups excluding carboxylic acids is 1. The van der Waals surface area contributed by atoms with Gasteiger partial charge in [-0.05, 0) is 73.7 Å². The van der Waals surface area contributed by atoms with E-state index in [9.17, 15) is 13.9 Å². The van der Waals surface area contributed by atoms with Crippen molar-refractivity contribution >= 4 is 21.4 Å². The Bertz CT molecular complexity index is 1660. The molecule has 0 N–H and O–H groups in total. The Hall–Kier alpha value is -4.97. The second-order valence-electron chi connectivity index (χ2n) is 8.91. The molecule has 0 bridgehead atoms. The molecule has 11 heteroatoms. The van der Waals surface area contributed by atoms with E-state index in [-0.39, 0.29) is 40.1 Å². The molecule has 0 aliphatic rings. The molecule has 0 unspecified atom stereocenters. The van der Waals surface area contributed by atoms with Gasteiger partial charge in [-0.3, -0.25) is 4.79 Å². The molecule has 5 aromatic carbocycles. The smallest absolute Gasteiger partial charge is 0.386 e. The predicted octanol–water partition coefficient (Wildman–Crippen LogP) is 9.18. The summed E-state index contributed by atoms with van der Waals surface area (Å²) in [5.41, 5.74) is -0.0444. The van der Waals surface area contributed by atoms with Gasteiger partial charge in [-0.25, -0.2) is 0 Å². The molecule has 43 heavy (non-hydrogen) atoms. The first-order valence-corrected chi connectivity index (χ1v) is 15.9. The van der Waals surface area contributed by atoms with Gasteiger partial charge >= 0.3 is 15.6 Å². The second-order valence-corrected chi connectivity index (χ2v) is 11.8. The van der Waals surface area contributed by atoms with Crippen LogP contribution < -0.4 is 27.1 Å². The highest BCUT2D eigenvalue weighted by Gasteiger charge is 2.36. The number of phosphoric acid groups is 2. The molecule has 0 atom stereocenters. The summed E-state index contributed by atoms with van der Waals surface area (Å²) in [4.78, 5) is 12.7. The largest absolute Gasteiger partial charge is 0.647 e. The van der Waals surface area contributed by atoms with Gasteiger partial charge in [-0.15, -0.1) is 0 Å². The van der Waals surface area contributed by atoms with Crippen molar-refractivity contribution < 1.29 is 41.1 Å². The summed E-state index contributed by atoms with van der Waals surface area (Å²) in [6, 6.07) is 37.4. The fourth-order valence-corrected chi connectivity index (χ4v) is 6.24. The van der Waals surface area contributed by atoms with Crippen molar-refractivity contribution in [1.29, 1.82) is 0 Å². The van der Waals surface area contributed by atoms with E-state index in [1.54, 1.807) is 121 Å². The van der Waals surface area contributed by atoms with Crippen LogP contribution in [0.25, 0.3) is 0 Å². The number of phosphoric ester groups is 2. The van der Waals surface area contributed by atoms with Crippen LogP contribution in [0.1, 0.15) is 17.3 Å². The number of carbonyl (C=O) groups is 1. The molecule has 5 aromatic rings. The molecule has 0 aliphatic carbocycles. The van der Waals surface area contributed by atoms with E-state index >= 15 is 0 Å². The first-order valence-electron chi connectivity index (χ1n) is 13.0. The van der Waals surface area contributed by atoms with Crippen LogP contribution in [-0.2, 0) is 9.13 Å². The normalized spacial score (nSPS) is 11.2. The number of ketones is 1. The highest BCUT2D eigenvalue weighted by molar-refractivity contribution is 7.50. The maximum Gasteiger partial charge on any atom is 0.647 e. The lowest BCUT2D eigenvalue weighted by molar-refractivity contribution is 0.101. The minimum Gasteiger partial charge on any atom is -0.386 e. The molecule has 0 radical (unpaired) electrons. The Morgan fingerprint density at radius 1 is 0.442 bits per heavy atom. The van der Waals surface area contributed by atoms with Crippen LogP contribution in [0.5, 0.6) is 34.5 Å². The number of hydrogen-bond acceptors (Lipinski definition) is 9. The highest BCUT2D eigenvalue weighted by Crippen LogP contribution is 2.53. The third-order valence-electron chi connectivity index (χ3n) is 5.60. The van der Waals surface area contributed by atoms with Crippen molar-refractivity contribution in [2.24, 2.45) is 0 Å². The Kier molecular flexibility index (Phi) is 9.16. The van der Waals surface area contributed by atoms with E-state index in [1.165, 1.54) is 25.1 Å². The summed E-state index contributed by atoms with van der Waals surface area (Å²) in [6.07, 6.45) is 0. The van der Waals surface area contributed by atoms with Crippen LogP contribution in [0, 0.1) is 0 Å². The quantitative estimate of drug-likeness (QED) is 0.0945. The van der Waals surface area contributed by atoms with Crippen LogP contribution in [-0.4, -0.2) is 5.78 Å². The van der Waals surface area contributed by atoms with Crippen LogP contribution >= 0.6 is 15.6 Å². The van der Waals surface area contributed by atoms with E-state index in [0.717, 1.165) is 0 Å². The van der Waals surface area contributed by atoms with E-state index in [2.05, 4.69) is 0 Å². The van der Waals surface area contributed by atoms with Crippen molar-refractivity contribution in [3.63, 3.8) is 0 Å². The molecule has 0 saturated carbocycles. The molecule has 0 aromatic heterocycles. The molecular formula is C32H26O9P2. The van der Waals surface area contributed by atoms with Crippen molar-refractivity contribution in [1.82, 2.24) is 0 Å². The van der Waals surface area contributed by atoms with Gasteiger partial charge in [-0.2, -0.15) is 9.13 Å². The fraction of sp³-hybridized carbons (Fsp3) is 0.0312. The summed E-state index contributed by atoms with van der Waals surface area (Å²) in [5, 5.41) is 0. The first-order chi connectivity index (χ1) is 20.8. The van der Waals surface area contributed by atoms with Crippen LogP contribution in [0.15, 0.2) is 140 Å². The number of rotatable bonds is 13. The standard InChI is InChI=1S/C32H26O9P2/c1-25(33)31-24-30(40-42(34,36-26-14-6-2-7-15-26)37-27-16-8-3-9-17-27)22-23-32(31)41-43(35,38-28-18-10-4-11-19-28)39-29-20-12-5-13-21-29/h2-24H,1H3. The number of benzene rings is 5. The summed E-state index contributed by atoms with van der Waals surface area (Å²) >= 11 is 0. The molecule has 0 heterocycles. The van der Waals surface area contributed by atoms with Crippen LogP contribution in [0.3, 0.4) is 0 Å². The maximum absolute atomic E-state index is 13.9. The third-order valence-corrected chi connectivity index (χ3v) is 8.19. The maximum atomic E-state index is 13.9. The van der Waals surface area contributed by atoms with E-state index in [4.69, 9.17) is 27.1 Å². The van der Waals surface area contributed by atoms with E-state index < -0.39 is 21.4 Å². The molecule has 0 spiro atoms. The zero-order valence-corrected chi connectivity index (χ0v) is 24.6. The molecule has 9 nitrogen and oxygen atoms in total. The Balaban J connectivity index is 1.46. The average Bonchev–Trinajstić information content (AvgIpc) is 2.99. The molecule has 218 valence electrons. The van der Waals surface area contributed by atoms with Crippen molar-refractivity contribution in [2.75, 3.05) is 0 Å². The van der Waals surface area contributed by atoms with Gasteiger partial charge in [0.15, 0.2) is 5.78 Å². The van der Waals surface area contributed by atoms with Gasteiger partial charge in [0.1, 0.15) is 34.5 Å². The second kappa shape index (κ2) is 13.3. The Morgan fingerprint density at radius 2 is 0.767 bits per heavy atom. The summed E-state index contributed by atoms with van der Waals surface area (Å²) in [6.45, 7) is 1.29. The molecule has 0 amide bonds. The fourth-order valence-electron chi connectivity index (χ4n) is 3.72. The zero-order chi connectivity index (χ0) is 30.1. The predicted molar refractivity (Wildman–Crippen MR) is 161 cm³/mol. The minimum atomic E-state index is -4.40. The molecule has 5 rings (SSSR count). The molecule has 0 fully saturated rings. The Labute approximate surface area is 248 Å². The van der Waals surface area contributed by atoms with Gasteiger partial charge in [0.05, 0.1) is 5.56 Å². The SMILES string of the molecule is CC(=O)c1cc(OP(=O)(Oc2ccccc2)Oc2ccccc2)ccc1OP(=O)(Oc1ccccc1)Oc1ccccc1. The first kappa shape index (κ1) is 29.5. The molecule has 0 saturated heterocycles. The number of para-hydroxylation sites is 4. The number of hydrogen-bond donors (Lipinski definition) is 0. The van der Waals surface area contributed by atoms with Crippen LogP contribution in [0.4, 0.5) is 0 Å². The number of Topliss-reactive ketones (excluding diaryl/α,β-unsaturated/α-hetero) is 1. The van der Waals surface area contributed by atoms with Gasteiger partial charge in [0.25, 0.3) is 0 Å². The van der Waals surface area contributed by atoms with Crippen LogP contribution in [0.2, 0.25) is 0 Å². The monoisotopic (exact) mass is 616 g/mol. The van der Waals surface area contributed by atoms with Crippen molar-refractivity contribution in [3.05, 3.63) is 145 Å². The third kappa shape index (κ3) is 8.29. The lowest BCUT2D eigenvalue weighted by Crippen LogP contribution is -2.10. The van der Waals surface area contributed by atoms with Gasteiger partial charge in [-0.1, -0.05) is 72.8 Å². The average molecular weight is 616 g/mol. The summed E-state index contributed by atoms with van der Waals surface area (Å²) < 4.78 is 62.0. The topological polar surface area (TPSA) is 107 Å². The van der Waals surface area contributed by atoms with Crippen molar-refractivity contribution in [2.45, 2.75) is 6.92 Å². The zero-order valence-electron chi connectivity index (χ0n) is 22.8. The highest BCUT2D eigenvalue weighted by atomic mass is 31.2.